The summed E-state index contributed by atoms with van der Waals surface area (Å²) in [5.41, 5.74) is 0.776. The molecule has 88 valence electrons. The van der Waals surface area contributed by atoms with E-state index >= 15 is 0 Å². The average molecular weight is 242 g/mol. The van der Waals surface area contributed by atoms with E-state index in [2.05, 4.69) is 4.98 Å². The van der Waals surface area contributed by atoms with Gasteiger partial charge in [0.05, 0.1) is 12.3 Å². The standard InChI is InChI=1S/C10H14N2O3S/c1-2-7-5-12-6-9(16(11,13)14)10(7)15-8-3-4-8/h5-6,8H,2-4H2,1H3,(H2,11,13,14). The molecule has 1 aliphatic carbocycles. The number of ether oxygens (including phenoxy) is 1. The van der Waals surface area contributed by atoms with E-state index < -0.39 is 10.0 Å². The lowest BCUT2D eigenvalue weighted by Crippen LogP contribution is -2.16. The van der Waals surface area contributed by atoms with E-state index in [-0.39, 0.29) is 11.0 Å². The highest BCUT2D eigenvalue weighted by Gasteiger charge is 2.28. The van der Waals surface area contributed by atoms with Crippen molar-refractivity contribution in [2.24, 2.45) is 5.14 Å². The molecule has 1 aliphatic rings. The summed E-state index contributed by atoms with van der Waals surface area (Å²) in [6, 6.07) is 0. The van der Waals surface area contributed by atoms with Gasteiger partial charge in [-0.2, -0.15) is 0 Å². The summed E-state index contributed by atoms with van der Waals surface area (Å²) in [4.78, 5) is 3.86. The Morgan fingerprint density at radius 3 is 2.69 bits per heavy atom. The van der Waals surface area contributed by atoms with Gasteiger partial charge in [-0.3, -0.25) is 4.98 Å². The quantitative estimate of drug-likeness (QED) is 0.847. The van der Waals surface area contributed by atoms with Crippen molar-refractivity contribution in [3.63, 3.8) is 0 Å². The molecule has 1 saturated carbocycles. The van der Waals surface area contributed by atoms with Crippen LogP contribution in [0.3, 0.4) is 0 Å². The van der Waals surface area contributed by atoms with Crippen LogP contribution in [0.25, 0.3) is 0 Å². The number of hydrogen-bond acceptors (Lipinski definition) is 4. The average Bonchev–Trinajstić information content (AvgIpc) is 3.00. The Balaban J connectivity index is 2.49. The number of primary sulfonamides is 1. The molecule has 0 bridgehead atoms. The summed E-state index contributed by atoms with van der Waals surface area (Å²) >= 11 is 0. The van der Waals surface area contributed by atoms with Gasteiger partial charge in [0.2, 0.25) is 10.0 Å². The van der Waals surface area contributed by atoms with Crippen molar-refractivity contribution in [1.82, 2.24) is 4.98 Å². The van der Waals surface area contributed by atoms with Gasteiger partial charge in [0.1, 0.15) is 10.6 Å². The number of nitrogens with zero attached hydrogens (tertiary/aromatic N) is 1. The molecule has 1 heterocycles. The summed E-state index contributed by atoms with van der Waals surface area (Å²) in [7, 11) is -3.77. The van der Waals surface area contributed by atoms with Gasteiger partial charge in [-0.1, -0.05) is 6.92 Å². The van der Waals surface area contributed by atoms with Crippen LogP contribution < -0.4 is 9.88 Å². The number of rotatable bonds is 4. The third kappa shape index (κ3) is 2.33. The van der Waals surface area contributed by atoms with Gasteiger partial charge < -0.3 is 4.74 Å². The molecule has 0 aromatic carbocycles. The first kappa shape index (κ1) is 11.3. The van der Waals surface area contributed by atoms with Crippen LogP contribution >= 0.6 is 0 Å². The zero-order chi connectivity index (χ0) is 11.8. The second kappa shape index (κ2) is 4.03. The van der Waals surface area contributed by atoms with Crippen LogP contribution in [0.2, 0.25) is 0 Å². The van der Waals surface area contributed by atoms with Gasteiger partial charge in [-0.15, -0.1) is 0 Å². The summed E-state index contributed by atoms with van der Waals surface area (Å²) in [6.07, 6.45) is 5.59. The third-order valence-electron chi connectivity index (χ3n) is 2.43. The lowest BCUT2D eigenvalue weighted by atomic mass is 10.2. The Hall–Kier alpha value is -1.14. The van der Waals surface area contributed by atoms with Crippen LogP contribution in [0.15, 0.2) is 17.3 Å². The summed E-state index contributed by atoms with van der Waals surface area (Å²) in [6.45, 7) is 1.92. The van der Waals surface area contributed by atoms with Gasteiger partial charge >= 0.3 is 0 Å². The molecule has 0 spiro atoms. The van der Waals surface area contributed by atoms with E-state index in [1.54, 1.807) is 6.20 Å². The molecule has 1 fully saturated rings. The fourth-order valence-electron chi connectivity index (χ4n) is 1.41. The number of aromatic nitrogens is 1. The molecule has 5 nitrogen and oxygen atoms in total. The maximum absolute atomic E-state index is 11.4. The van der Waals surface area contributed by atoms with E-state index in [0.29, 0.717) is 12.2 Å². The fraction of sp³-hybridized carbons (Fsp3) is 0.500. The van der Waals surface area contributed by atoms with Crippen molar-refractivity contribution < 1.29 is 13.2 Å². The normalized spacial score (nSPS) is 16.1. The molecule has 2 N–H and O–H groups in total. The molecular weight excluding hydrogens is 228 g/mol. The maximum Gasteiger partial charge on any atom is 0.243 e. The molecule has 2 rings (SSSR count). The summed E-state index contributed by atoms with van der Waals surface area (Å²) in [5.74, 6) is 0.377. The lowest BCUT2D eigenvalue weighted by molar-refractivity contribution is 0.291. The molecule has 0 amide bonds. The van der Waals surface area contributed by atoms with Crippen LogP contribution in [-0.4, -0.2) is 19.5 Å². The monoisotopic (exact) mass is 242 g/mol. The third-order valence-corrected chi connectivity index (χ3v) is 3.34. The molecule has 0 aliphatic heterocycles. The summed E-state index contributed by atoms with van der Waals surface area (Å²) in [5, 5.41) is 5.13. The van der Waals surface area contributed by atoms with Crippen molar-refractivity contribution in [3.8, 4) is 5.75 Å². The Bertz CT molecular complexity index is 495. The molecule has 0 atom stereocenters. The van der Waals surface area contributed by atoms with E-state index in [4.69, 9.17) is 9.88 Å². The van der Waals surface area contributed by atoms with Crippen LogP contribution in [0.4, 0.5) is 0 Å². The molecule has 0 saturated heterocycles. The highest BCUT2D eigenvalue weighted by atomic mass is 32.2. The first-order valence-electron chi connectivity index (χ1n) is 5.18. The van der Waals surface area contributed by atoms with Crippen molar-refractivity contribution in [1.29, 1.82) is 0 Å². The minimum Gasteiger partial charge on any atom is -0.489 e. The first-order valence-corrected chi connectivity index (χ1v) is 6.73. The fourth-order valence-corrected chi connectivity index (χ4v) is 2.06. The SMILES string of the molecule is CCc1cncc(S(N)(=O)=O)c1OC1CC1. The number of sulfonamides is 1. The molecule has 0 radical (unpaired) electrons. The molecule has 16 heavy (non-hydrogen) atoms. The second-order valence-electron chi connectivity index (χ2n) is 3.84. The Kier molecular flexibility index (Phi) is 2.86. The topological polar surface area (TPSA) is 82.3 Å². The van der Waals surface area contributed by atoms with E-state index in [9.17, 15) is 8.42 Å². The van der Waals surface area contributed by atoms with E-state index in [0.717, 1.165) is 18.4 Å². The highest BCUT2D eigenvalue weighted by molar-refractivity contribution is 7.89. The number of pyridine rings is 1. The zero-order valence-corrected chi connectivity index (χ0v) is 9.83. The van der Waals surface area contributed by atoms with Crippen molar-refractivity contribution in [2.75, 3.05) is 0 Å². The van der Waals surface area contributed by atoms with Crippen LogP contribution in [-0.2, 0) is 16.4 Å². The van der Waals surface area contributed by atoms with Gasteiger partial charge in [0, 0.05) is 11.8 Å². The summed E-state index contributed by atoms with van der Waals surface area (Å²) < 4.78 is 28.4. The lowest BCUT2D eigenvalue weighted by Gasteiger charge is -2.12. The predicted octanol–water partition coefficient (Wildman–Crippen LogP) is 0.833. The largest absolute Gasteiger partial charge is 0.489 e. The Morgan fingerprint density at radius 2 is 2.19 bits per heavy atom. The predicted molar refractivity (Wildman–Crippen MR) is 58.6 cm³/mol. The smallest absolute Gasteiger partial charge is 0.243 e. The van der Waals surface area contributed by atoms with Gasteiger partial charge in [-0.05, 0) is 19.3 Å². The molecule has 6 heteroatoms. The highest BCUT2D eigenvalue weighted by Crippen LogP contribution is 2.33. The minimum absolute atomic E-state index is 0.0150. The van der Waals surface area contributed by atoms with Gasteiger partial charge in [0.25, 0.3) is 0 Å². The Labute approximate surface area is 94.7 Å². The first-order chi connectivity index (χ1) is 7.52. The number of hydrogen-bond donors (Lipinski definition) is 1. The molecule has 0 unspecified atom stereocenters. The van der Waals surface area contributed by atoms with Crippen molar-refractivity contribution >= 4 is 10.0 Å². The zero-order valence-electron chi connectivity index (χ0n) is 9.01. The van der Waals surface area contributed by atoms with Crippen LogP contribution in [0, 0.1) is 0 Å². The molecule has 1 aromatic heterocycles. The maximum atomic E-state index is 11.4. The number of aryl methyl sites for hydroxylation is 1. The van der Waals surface area contributed by atoms with Crippen LogP contribution in [0.1, 0.15) is 25.3 Å². The molecule has 1 aromatic rings. The van der Waals surface area contributed by atoms with Crippen molar-refractivity contribution in [2.45, 2.75) is 37.2 Å². The van der Waals surface area contributed by atoms with E-state index in [1.165, 1.54) is 6.20 Å². The number of nitrogens with two attached hydrogens (primary N) is 1. The second-order valence-corrected chi connectivity index (χ2v) is 5.37. The minimum atomic E-state index is -3.77. The van der Waals surface area contributed by atoms with Gasteiger partial charge in [0.15, 0.2) is 0 Å². The van der Waals surface area contributed by atoms with Crippen molar-refractivity contribution in [3.05, 3.63) is 18.0 Å². The van der Waals surface area contributed by atoms with Gasteiger partial charge in [-0.25, -0.2) is 13.6 Å². The van der Waals surface area contributed by atoms with Crippen LogP contribution in [0.5, 0.6) is 5.75 Å². The molecular formula is C10H14N2O3S. The Morgan fingerprint density at radius 1 is 1.50 bits per heavy atom. The van der Waals surface area contributed by atoms with E-state index in [1.807, 2.05) is 6.92 Å².